The molecule has 4 nitrogen and oxygen atoms in total. The van der Waals surface area contributed by atoms with Crippen LogP contribution >= 0.6 is 0 Å². The molecule has 1 aromatic heterocycles. The van der Waals surface area contributed by atoms with Gasteiger partial charge in [-0.3, -0.25) is 0 Å². The molecule has 0 atom stereocenters. The fraction of sp³-hybridized carbons (Fsp3) is 0.727. The van der Waals surface area contributed by atoms with Gasteiger partial charge in [-0.2, -0.15) is 0 Å². The van der Waals surface area contributed by atoms with Crippen LogP contribution in [-0.4, -0.2) is 29.7 Å². The van der Waals surface area contributed by atoms with Crippen molar-refractivity contribution in [1.29, 1.82) is 0 Å². The number of rotatable bonds is 5. The van der Waals surface area contributed by atoms with Crippen LogP contribution in [0.4, 0.5) is 5.95 Å². The third-order valence-corrected chi connectivity index (χ3v) is 2.24. The monoisotopic (exact) mass is 210 g/mol. The zero-order valence-electron chi connectivity index (χ0n) is 10.2. The smallest absolute Gasteiger partial charge is 0.205 e. The Morgan fingerprint density at radius 1 is 1.53 bits per heavy atom. The minimum Gasteiger partial charge on any atom is -0.344 e. The summed E-state index contributed by atoms with van der Waals surface area (Å²) in [5.41, 5.74) is 6.61. The minimum absolute atomic E-state index is 0.628. The van der Waals surface area contributed by atoms with Crippen LogP contribution in [0, 0.1) is 12.8 Å². The summed E-state index contributed by atoms with van der Waals surface area (Å²) in [5.74, 6) is 1.65. The highest BCUT2D eigenvalue weighted by Gasteiger charge is 2.10. The molecular weight excluding hydrogens is 188 g/mol. The highest BCUT2D eigenvalue weighted by Crippen LogP contribution is 2.14. The van der Waals surface area contributed by atoms with E-state index in [0.29, 0.717) is 12.5 Å². The van der Waals surface area contributed by atoms with E-state index in [1.165, 1.54) is 0 Å². The van der Waals surface area contributed by atoms with E-state index in [1.54, 1.807) is 0 Å². The summed E-state index contributed by atoms with van der Waals surface area (Å²) in [7, 11) is 2.03. The molecule has 0 fully saturated rings. The summed E-state index contributed by atoms with van der Waals surface area (Å²) >= 11 is 0. The predicted molar refractivity (Wildman–Crippen MR) is 64.1 cm³/mol. The highest BCUT2D eigenvalue weighted by atomic mass is 15.3. The van der Waals surface area contributed by atoms with Crippen molar-refractivity contribution in [3.63, 3.8) is 0 Å². The first-order chi connectivity index (χ1) is 7.04. The van der Waals surface area contributed by atoms with Crippen molar-refractivity contribution in [3.05, 3.63) is 11.9 Å². The summed E-state index contributed by atoms with van der Waals surface area (Å²) in [4.78, 5) is 6.62. The average molecular weight is 210 g/mol. The second kappa shape index (κ2) is 5.16. The highest BCUT2D eigenvalue weighted by molar-refractivity contribution is 5.32. The molecule has 0 aliphatic heterocycles. The van der Waals surface area contributed by atoms with Gasteiger partial charge in [0.2, 0.25) is 5.95 Å². The molecule has 0 bridgehead atoms. The first-order valence-electron chi connectivity index (χ1n) is 5.49. The second-order valence-electron chi connectivity index (χ2n) is 4.44. The Bertz CT molecular complexity index is 304. The number of likely N-dealkylation sites (N-methyl/N-ethyl adjacent to an activating group) is 1. The van der Waals surface area contributed by atoms with E-state index in [2.05, 4.69) is 34.5 Å². The first kappa shape index (κ1) is 12.0. The first-order valence-corrected chi connectivity index (χ1v) is 5.49. The fourth-order valence-corrected chi connectivity index (χ4v) is 1.66. The number of aryl methyl sites for hydroxylation is 1. The third-order valence-electron chi connectivity index (χ3n) is 2.24. The van der Waals surface area contributed by atoms with E-state index in [-0.39, 0.29) is 0 Å². The molecule has 0 radical (unpaired) electrons. The zero-order valence-corrected chi connectivity index (χ0v) is 10.2. The number of nitrogens with zero attached hydrogens (tertiary/aromatic N) is 3. The topological polar surface area (TPSA) is 47.1 Å². The molecule has 0 aliphatic rings. The van der Waals surface area contributed by atoms with Crippen LogP contribution in [0.3, 0.4) is 0 Å². The number of hydrogen-bond donors (Lipinski definition) is 1. The predicted octanol–water partition coefficient (Wildman–Crippen LogP) is 1.24. The molecule has 0 saturated heterocycles. The van der Waals surface area contributed by atoms with Crippen LogP contribution in [0.15, 0.2) is 6.20 Å². The van der Waals surface area contributed by atoms with Crippen LogP contribution in [0.1, 0.15) is 19.5 Å². The lowest BCUT2D eigenvalue weighted by molar-refractivity contribution is 0.520. The van der Waals surface area contributed by atoms with Gasteiger partial charge in [0, 0.05) is 32.9 Å². The maximum atomic E-state index is 5.55. The normalized spacial score (nSPS) is 11.1. The van der Waals surface area contributed by atoms with Gasteiger partial charge in [-0.05, 0) is 12.8 Å². The molecule has 0 aliphatic carbocycles. The number of aromatic nitrogens is 2. The number of imidazole rings is 1. The van der Waals surface area contributed by atoms with Gasteiger partial charge in [0.05, 0.1) is 5.69 Å². The summed E-state index contributed by atoms with van der Waals surface area (Å²) < 4.78 is 2.20. The molecule has 0 aromatic carbocycles. The number of anilines is 1. The zero-order chi connectivity index (χ0) is 11.4. The Kier molecular flexibility index (Phi) is 4.15. The van der Waals surface area contributed by atoms with Crippen molar-refractivity contribution in [1.82, 2.24) is 9.55 Å². The molecule has 2 N–H and O–H groups in total. The molecule has 0 amide bonds. The number of hydrogen-bond acceptors (Lipinski definition) is 3. The molecule has 1 rings (SSSR count). The fourth-order valence-electron chi connectivity index (χ4n) is 1.66. The van der Waals surface area contributed by atoms with Crippen LogP contribution < -0.4 is 10.6 Å². The van der Waals surface area contributed by atoms with Crippen molar-refractivity contribution in [2.75, 3.05) is 25.0 Å². The Hall–Kier alpha value is -1.03. The molecule has 0 spiro atoms. The van der Waals surface area contributed by atoms with Gasteiger partial charge in [-0.15, -0.1) is 0 Å². The quantitative estimate of drug-likeness (QED) is 0.795. The van der Waals surface area contributed by atoms with Gasteiger partial charge in [-0.25, -0.2) is 4.98 Å². The summed E-state index contributed by atoms with van der Waals surface area (Å²) in [5, 5.41) is 0. The lowest BCUT2D eigenvalue weighted by Crippen LogP contribution is -2.28. The molecule has 1 aromatic rings. The molecule has 15 heavy (non-hydrogen) atoms. The molecule has 1 heterocycles. The van der Waals surface area contributed by atoms with Crippen molar-refractivity contribution in [2.24, 2.45) is 11.7 Å². The van der Waals surface area contributed by atoms with Gasteiger partial charge in [0.25, 0.3) is 0 Å². The lowest BCUT2D eigenvalue weighted by Gasteiger charge is -2.19. The third kappa shape index (κ3) is 3.23. The Morgan fingerprint density at radius 3 is 2.73 bits per heavy atom. The van der Waals surface area contributed by atoms with Gasteiger partial charge in [0.15, 0.2) is 0 Å². The molecular formula is C11H22N4. The van der Waals surface area contributed by atoms with E-state index in [4.69, 9.17) is 5.73 Å². The number of nitrogens with two attached hydrogens (primary N) is 1. The van der Waals surface area contributed by atoms with Crippen molar-refractivity contribution >= 4 is 5.95 Å². The molecule has 4 heteroatoms. The maximum Gasteiger partial charge on any atom is 0.205 e. The molecule has 0 saturated carbocycles. The standard InChI is InChI=1S/C11H22N4/c1-9(2)7-15-8-10(3)13-11(15)14(4)6-5-12/h8-9H,5-7,12H2,1-4H3. The van der Waals surface area contributed by atoms with Crippen molar-refractivity contribution in [3.8, 4) is 0 Å². The van der Waals surface area contributed by atoms with Gasteiger partial charge in [-0.1, -0.05) is 13.8 Å². The maximum absolute atomic E-state index is 5.55. The van der Waals surface area contributed by atoms with E-state index in [9.17, 15) is 0 Å². The molecule has 86 valence electrons. The van der Waals surface area contributed by atoms with Crippen molar-refractivity contribution < 1.29 is 0 Å². The Labute approximate surface area is 92.1 Å². The lowest BCUT2D eigenvalue weighted by atomic mass is 10.2. The van der Waals surface area contributed by atoms with Crippen LogP contribution in [0.25, 0.3) is 0 Å². The van der Waals surface area contributed by atoms with E-state index in [0.717, 1.165) is 24.7 Å². The van der Waals surface area contributed by atoms with Crippen molar-refractivity contribution in [2.45, 2.75) is 27.3 Å². The van der Waals surface area contributed by atoms with E-state index < -0.39 is 0 Å². The Balaban J connectivity index is 2.85. The van der Waals surface area contributed by atoms with Crippen LogP contribution in [0.5, 0.6) is 0 Å². The Morgan fingerprint density at radius 2 is 2.20 bits per heavy atom. The van der Waals surface area contributed by atoms with E-state index >= 15 is 0 Å². The van der Waals surface area contributed by atoms with E-state index in [1.807, 2.05) is 14.0 Å². The van der Waals surface area contributed by atoms with Crippen LogP contribution in [0.2, 0.25) is 0 Å². The molecule has 0 unspecified atom stereocenters. The summed E-state index contributed by atoms with van der Waals surface area (Å²) in [6, 6.07) is 0. The summed E-state index contributed by atoms with van der Waals surface area (Å²) in [6.07, 6.45) is 2.10. The van der Waals surface area contributed by atoms with Crippen LogP contribution in [-0.2, 0) is 6.54 Å². The summed E-state index contributed by atoms with van der Waals surface area (Å²) in [6.45, 7) is 8.95. The SMILES string of the molecule is Cc1cn(CC(C)C)c(N(C)CCN)n1. The van der Waals surface area contributed by atoms with Gasteiger partial charge >= 0.3 is 0 Å². The van der Waals surface area contributed by atoms with Gasteiger partial charge < -0.3 is 15.2 Å². The minimum atomic E-state index is 0.628. The average Bonchev–Trinajstić information content (AvgIpc) is 2.46. The van der Waals surface area contributed by atoms with Gasteiger partial charge in [0.1, 0.15) is 0 Å². The second-order valence-corrected chi connectivity index (χ2v) is 4.44. The largest absolute Gasteiger partial charge is 0.344 e.